The number of aryl methyl sites for hydroxylation is 1. The van der Waals surface area contributed by atoms with Crippen LogP contribution in [0.2, 0.25) is 0 Å². The fraction of sp³-hybridized carbons (Fsp3) is 0.571. The topological polar surface area (TPSA) is 38.3 Å². The van der Waals surface area contributed by atoms with Crippen LogP contribution in [0.15, 0.2) is 36.4 Å². The quantitative estimate of drug-likeness (QED) is 0.339. The van der Waals surface area contributed by atoms with E-state index in [1.54, 1.807) is 0 Å². The third-order valence-corrected chi connectivity index (χ3v) is 5.14. The number of benzene rings is 1. The van der Waals surface area contributed by atoms with Gasteiger partial charge in [0.2, 0.25) is 0 Å². The van der Waals surface area contributed by atoms with Gasteiger partial charge in [-0.15, -0.1) is 0 Å². The van der Waals surface area contributed by atoms with Gasteiger partial charge in [0.1, 0.15) is 12.6 Å². The number of allylic oxidation sites excluding steroid dienone is 2. The molecule has 2 atom stereocenters. The third-order valence-electron chi connectivity index (χ3n) is 5.14. The van der Waals surface area contributed by atoms with Crippen LogP contribution in [0.4, 0.5) is 0 Å². The van der Waals surface area contributed by atoms with Crippen LogP contribution in [0.1, 0.15) is 38.4 Å². The summed E-state index contributed by atoms with van der Waals surface area (Å²) in [4.78, 5) is 0. The Hall–Kier alpha value is -0.920. The first-order chi connectivity index (χ1) is 12.2. The molecule has 2 aromatic rings. The molecular formula is C21H31IN2O2. The molecule has 0 fully saturated rings. The van der Waals surface area contributed by atoms with Gasteiger partial charge in [0.25, 0.3) is 5.82 Å². The molecule has 0 spiro atoms. The first-order valence-corrected chi connectivity index (χ1v) is 9.57. The molecule has 0 bridgehead atoms. The van der Waals surface area contributed by atoms with Gasteiger partial charge in [-0.05, 0) is 43.7 Å². The summed E-state index contributed by atoms with van der Waals surface area (Å²) in [6, 6.07) is 8.41. The van der Waals surface area contributed by atoms with Crippen molar-refractivity contribution in [3.63, 3.8) is 0 Å². The zero-order valence-electron chi connectivity index (χ0n) is 15.9. The van der Waals surface area contributed by atoms with E-state index < -0.39 is 6.10 Å². The van der Waals surface area contributed by atoms with Gasteiger partial charge >= 0.3 is 0 Å². The first kappa shape index (κ1) is 21.4. The number of aliphatic hydroxyl groups is 1. The van der Waals surface area contributed by atoms with Crippen molar-refractivity contribution in [1.82, 2.24) is 4.57 Å². The lowest BCUT2D eigenvalue weighted by molar-refractivity contribution is -0.654. The number of imidazole rings is 1. The highest BCUT2D eigenvalue weighted by molar-refractivity contribution is 5.72. The second-order valence-electron chi connectivity index (χ2n) is 7.17. The van der Waals surface area contributed by atoms with Gasteiger partial charge in [-0.2, -0.15) is 0 Å². The fourth-order valence-electron chi connectivity index (χ4n) is 3.81. The summed E-state index contributed by atoms with van der Waals surface area (Å²) in [5.74, 6) is 1.87. The van der Waals surface area contributed by atoms with Gasteiger partial charge < -0.3 is 33.8 Å². The fourth-order valence-corrected chi connectivity index (χ4v) is 3.81. The van der Waals surface area contributed by atoms with Crippen molar-refractivity contribution in [2.75, 3.05) is 13.2 Å². The van der Waals surface area contributed by atoms with Crippen LogP contribution in [0.5, 0.6) is 0 Å². The Balaban J connectivity index is 0.00000243. The summed E-state index contributed by atoms with van der Waals surface area (Å²) >= 11 is 0. The summed E-state index contributed by atoms with van der Waals surface area (Å²) in [5.41, 5.74) is 2.40. The van der Waals surface area contributed by atoms with Crippen LogP contribution in [-0.2, 0) is 24.8 Å². The highest BCUT2D eigenvalue weighted by Gasteiger charge is 2.23. The molecule has 1 aliphatic rings. The maximum Gasteiger partial charge on any atom is 0.257 e. The molecule has 0 amide bonds. The average Bonchev–Trinajstić information content (AvgIpc) is 2.89. The van der Waals surface area contributed by atoms with Gasteiger partial charge in [0, 0.05) is 13.0 Å². The minimum atomic E-state index is -0.481. The van der Waals surface area contributed by atoms with E-state index in [0.717, 1.165) is 32.3 Å². The maximum atomic E-state index is 10.5. The summed E-state index contributed by atoms with van der Waals surface area (Å²) < 4.78 is 10.3. The van der Waals surface area contributed by atoms with E-state index in [1.807, 2.05) is 0 Å². The largest absolute Gasteiger partial charge is 1.00 e. The molecule has 5 heteroatoms. The van der Waals surface area contributed by atoms with E-state index in [1.165, 1.54) is 23.3 Å². The lowest BCUT2D eigenvalue weighted by atomic mass is 9.95. The SMILES string of the molecule is CCCc1n(CC(O)COCC2CC=CCC2)c2ccccc2[n+]1C.[I-]. The minimum Gasteiger partial charge on any atom is -1.00 e. The molecule has 1 aromatic carbocycles. The molecule has 1 N–H and O–H groups in total. The third kappa shape index (κ3) is 5.08. The van der Waals surface area contributed by atoms with Crippen LogP contribution < -0.4 is 28.5 Å². The first-order valence-electron chi connectivity index (χ1n) is 9.57. The molecular weight excluding hydrogens is 439 g/mol. The summed E-state index contributed by atoms with van der Waals surface area (Å²) in [7, 11) is 2.11. The Bertz CT molecular complexity index is 726. The molecule has 0 saturated carbocycles. The number of rotatable bonds is 8. The van der Waals surface area contributed by atoms with Crippen LogP contribution in [0.3, 0.4) is 0 Å². The molecule has 1 aliphatic carbocycles. The van der Waals surface area contributed by atoms with Crippen molar-refractivity contribution >= 4 is 11.0 Å². The lowest BCUT2D eigenvalue weighted by Crippen LogP contribution is -3.00. The van der Waals surface area contributed by atoms with Crippen molar-refractivity contribution in [1.29, 1.82) is 0 Å². The van der Waals surface area contributed by atoms with Crippen molar-refractivity contribution in [3.8, 4) is 0 Å². The van der Waals surface area contributed by atoms with Crippen molar-refractivity contribution < 1.29 is 38.4 Å². The van der Waals surface area contributed by atoms with Crippen LogP contribution in [0, 0.1) is 5.92 Å². The van der Waals surface area contributed by atoms with Crippen LogP contribution in [-0.4, -0.2) is 29.0 Å². The van der Waals surface area contributed by atoms with E-state index in [-0.39, 0.29) is 24.0 Å². The van der Waals surface area contributed by atoms with Crippen LogP contribution in [0.25, 0.3) is 11.0 Å². The standard InChI is InChI=1S/C21H31N2O2.HI/c1-3-9-21-22(2)19-12-7-8-13-20(19)23(21)14-18(24)16-25-15-17-10-5-4-6-11-17;/h4-5,7-8,12-13,17-18,24H,3,6,9-11,14-16H2,1-2H3;1H/q+1;/p-1. The molecule has 26 heavy (non-hydrogen) atoms. The van der Waals surface area contributed by atoms with Crippen molar-refractivity contribution in [2.24, 2.45) is 13.0 Å². The maximum absolute atomic E-state index is 10.5. The van der Waals surface area contributed by atoms with E-state index in [9.17, 15) is 5.11 Å². The Morgan fingerprint density at radius 1 is 1.31 bits per heavy atom. The zero-order valence-corrected chi connectivity index (χ0v) is 18.1. The van der Waals surface area contributed by atoms with E-state index in [0.29, 0.717) is 19.1 Å². The lowest BCUT2D eigenvalue weighted by Gasteiger charge is -2.18. The predicted octanol–water partition coefficient (Wildman–Crippen LogP) is 0.156. The highest BCUT2D eigenvalue weighted by Crippen LogP contribution is 2.19. The van der Waals surface area contributed by atoms with E-state index in [4.69, 9.17) is 4.74 Å². The number of hydrogen-bond donors (Lipinski definition) is 1. The van der Waals surface area contributed by atoms with E-state index in [2.05, 4.69) is 59.5 Å². The molecule has 4 nitrogen and oxygen atoms in total. The predicted molar refractivity (Wildman–Crippen MR) is 100 cm³/mol. The molecule has 1 heterocycles. The smallest absolute Gasteiger partial charge is 0.257 e. The number of aromatic nitrogens is 2. The Labute approximate surface area is 173 Å². The minimum absolute atomic E-state index is 0. The number of aliphatic hydroxyl groups excluding tert-OH is 1. The number of para-hydroxylation sites is 2. The molecule has 2 unspecified atom stereocenters. The van der Waals surface area contributed by atoms with Crippen LogP contribution >= 0.6 is 0 Å². The normalized spacial score (nSPS) is 18.0. The van der Waals surface area contributed by atoms with E-state index >= 15 is 0 Å². The number of hydrogen-bond acceptors (Lipinski definition) is 2. The second-order valence-corrected chi connectivity index (χ2v) is 7.17. The molecule has 144 valence electrons. The van der Waals surface area contributed by atoms with Crippen molar-refractivity contribution in [3.05, 3.63) is 42.2 Å². The molecule has 0 radical (unpaired) electrons. The zero-order chi connectivity index (χ0) is 17.6. The highest BCUT2D eigenvalue weighted by atomic mass is 127. The number of nitrogens with zero attached hydrogens (tertiary/aromatic N) is 2. The number of fused-ring (bicyclic) bond motifs is 1. The van der Waals surface area contributed by atoms with Gasteiger partial charge in [-0.3, -0.25) is 0 Å². The number of halogens is 1. The molecule has 1 aromatic heterocycles. The Morgan fingerprint density at radius 3 is 2.85 bits per heavy atom. The van der Waals surface area contributed by atoms with Gasteiger partial charge in [-0.25, -0.2) is 9.13 Å². The monoisotopic (exact) mass is 470 g/mol. The van der Waals surface area contributed by atoms with Gasteiger partial charge in [-0.1, -0.05) is 31.2 Å². The van der Waals surface area contributed by atoms with Crippen molar-refractivity contribution in [2.45, 2.75) is 51.7 Å². The Morgan fingerprint density at radius 2 is 2.12 bits per heavy atom. The summed E-state index contributed by atoms with van der Waals surface area (Å²) in [6.45, 7) is 3.94. The molecule has 0 saturated heterocycles. The summed E-state index contributed by atoms with van der Waals surface area (Å²) in [5, 5.41) is 10.5. The van der Waals surface area contributed by atoms with Gasteiger partial charge in [0.05, 0.1) is 13.7 Å². The average molecular weight is 470 g/mol. The second kappa shape index (κ2) is 10.4. The number of ether oxygens (including phenoxy) is 1. The summed E-state index contributed by atoms with van der Waals surface area (Å²) in [6.07, 6.45) is 9.57. The van der Waals surface area contributed by atoms with Gasteiger partial charge in [0.15, 0.2) is 11.0 Å². The molecule has 3 rings (SSSR count). The molecule has 0 aliphatic heterocycles. The Kier molecular flexibility index (Phi) is 8.57.